The molecular weight excluding hydrogens is 250 g/mol. The van der Waals surface area contributed by atoms with E-state index in [1.807, 2.05) is 0 Å². The Labute approximate surface area is 112 Å². The van der Waals surface area contributed by atoms with Crippen molar-refractivity contribution in [2.24, 2.45) is 0 Å². The average molecular weight is 269 g/mol. The standard InChI is InChI=1S/C11H17NO3S.C2H2/c1-15-11(14)8-4-2-6-10-12(8)9(13)5-3-7-16-10;1-2/h8,10H,2-7H2,1H3;1-2H/t8-,10?;/m0./s1. The summed E-state index contributed by atoms with van der Waals surface area (Å²) >= 11 is 1.80. The van der Waals surface area contributed by atoms with Crippen LogP contribution in [0.1, 0.15) is 32.1 Å². The Morgan fingerprint density at radius 2 is 2.11 bits per heavy atom. The van der Waals surface area contributed by atoms with Gasteiger partial charge in [-0.15, -0.1) is 24.6 Å². The quantitative estimate of drug-likeness (QED) is 0.536. The number of methoxy groups -OCH3 is 1. The molecule has 0 aromatic heterocycles. The van der Waals surface area contributed by atoms with E-state index in [9.17, 15) is 9.59 Å². The lowest BCUT2D eigenvalue weighted by atomic mass is 10.0. The second-order valence-electron chi connectivity index (χ2n) is 4.20. The highest BCUT2D eigenvalue weighted by atomic mass is 32.2. The predicted molar refractivity (Wildman–Crippen MR) is 71.9 cm³/mol. The van der Waals surface area contributed by atoms with Crippen molar-refractivity contribution in [2.75, 3.05) is 12.9 Å². The van der Waals surface area contributed by atoms with E-state index in [4.69, 9.17) is 4.74 Å². The molecular formula is C13H19NO3S. The van der Waals surface area contributed by atoms with E-state index in [1.165, 1.54) is 7.11 Å². The highest BCUT2D eigenvalue weighted by Gasteiger charge is 2.39. The molecule has 2 atom stereocenters. The fourth-order valence-electron chi connectivity index (χ4n) is 2.40. The number of nitrogens with zero attached hydrogens (tertiary/aromatic N) is 1. The van der Waals surface area contributed by atoms with E-state index in [0.29, 0.717) is 6.42 Å². The molecule has 2 heterocycles. The van der Waals surface area contributed by atoms with Crippen LogP contribution in [0.15, 0.2) is 0 Å². The van der Waals surface area contributed by atoms with Gasteiger partial charge in [-0.3, -0.25) is 4.79 Å². The molecule has 2 aliphatic heterocycles. The van der Waals surface area contributed by atoms with E-state index in [1.54, 1.807) is 16.7 Å². The summed E-state index contributed by atoms with van der Waals surface area (Å²) in [4.78, 5) is 25.4. The Kier molecular flexibility index (Phi) is 6.06. The van der Waals surface area contributed by atoms with E-state index in [2.05, 4.69) is 12.8 Å². The number of terminal acetylenes is 1. The third-order valence-corrected chi connectivity index (χ3v) is 4.55. The van der Waals surface area contributed by atoms with E-state index in [0.717, 1.165) is 31.4 Å². The number of hydrogen-bond acceptors (Lipinski definition) is 4. The van der Waals surface area contributed by atoms with Gasteiger partial charge in [0.05, 0.1) is 12.5 Å². The van der Waals surface area contributed by atoms with E-state index in [-0.39, 0.29) is 23.3 Å². The first-order chi connectivity index (χ1) is 8.74. The highest BCUT2D eigenvalue weighted by molar-refractivity contribution is 7.99. The van der Waals surface area contributed by atoms with Gasteiger partial charge in [0.15, 0.2) is 0 Å². The van der Waals surface area contributed by atoms with Gasteiger partial charge in [0.25, 0.3) is 0 Å². The molecule has 1 unspecified atom stereocenters. The van der Waals surface area contributed by atoms with Crippen molar-refractivity contribution in [3.8, 4) is 12.8 Å². The number of hydrogen-bond donors (Lipinski definition) is 0. The molecule has 4 nitrogen and oxygen atoms in total. The van der Waals surface area contributed by atoms with Gasteiger partial charge in [0.1, 0.15) is 6.04 Å². The second kappa shape index (κ2) is 7.32. The van der Waals surface area contributed by atoms with Gasteiger partial charge in [-0.1, -0.05) is 0 Å². The SMILES string of the molecule is C#C.COC(=O)[C@@H]1CCCC2SCCCC(=O)N21. The molecule has 2 fully saturated rings. The zero-order chi connectivity index (χ0) is 13.5. The number of piperidine rings is 1. The molecule has 0 aromatic rings. The number of carbonyl (C=O) groups excluding carboxylic acids is 2. The summed E-state index contributed by atoms with van der Waals surface area (Å²) in [6.45, 7) is 0. The number of amides is 1. The molecule has 0 N–H and O–H groups in total. The first-order valence-electron chi connectivity index (χ1n) is 6.08. The summed E-state index contributed by atoms with van der Waals surface area (Å²) in [5, 5.41) is 0.188. The largest absolute Gasteiger partial charge is 0.467 e. The van der Waals surface area contributed by atoms with Crippen LogP contribution in [0.3, 0.4) is 0 Å². The van der Waals surface area contributed by atoms with Crippen molar-refractivity contribution in [1.82, 2.24) is 4.90 Å². The van der Waals surface area contributed by atoms with Crippen molar-refractivity contribution in [1.29, 1.82) is 0 Å². The normalized spacial score (nSPS) is 27.3. The van der Waals surface area contributed by atoms with Crippen LogP contribution in [-0.4, -0.2) is 41.1 Å². The maximum Gasteiger partial charge on any atom is 0.328 e. The summed E-state index contributed by atoms with van der Waals surface area (Å²) in [7, 11) is 1.39. The van der Waals surface area contributed by atoms with E-state index < -0.39 is 0 Å². The number of thioether (sulfide) groups is 1. The zero-order valence-corrected chi connectivity index (χ0v) is 11.4. The van der Waals surface area contributed by atoms with Crippen LogP contribution in [0.5, 0.6) is 0 Å². The third kappa shape index (κ3) is 3.20. The Bertz CT molecular complexity index is 329. The Balaban J connectivity index is 0.000000771. The topological polar surface area (TPSA) is 46.6 Å². The molecule has 5 heteroatoms. The fourth-order valence-corrected chi connectivity index (χ4v) is 3.74. The van der Waals surface area contributed by atoms with Crippen molar-refractivity contribution in [2.45, 2.75) is 43.5 Å². The smallest absolute Gasteiger partial charge is 0.328 e. The Hall–Kier alpha value is -1.15. The number of fused-ring (bicyclic) bond motifs is 1. The van der Waals surface area contributed by atoms with Crippen LogP contribution in [0.25, 0.3) is 0 Å². The first-order valence-corrected chi connectivity index (χ1v) is 7.13. The molecule has 2 rings (SSSR count). The van der Waals surface area contributed by atoms with Gasteiger partial charge in [-0.25, -0.2) is 4.79 Å². The summed E-state index contributed by atoms with van der Waals surface area (Å²) in [6.07, 6.45) is 12.2. The maximum absolute atomic E-state index is 12.0. The van der Waals surface area contributed by atoms with Crippen molar-refractivity contribution >= 4 is 23.6 Å². The minimum atomic E-state index is -0.346. The zero-order valence-electron chi connectivity index (χ0n) is 10.6. The number of ether oxygens (including phenoxy) is 1. The number of rotatable bonds is 1. The average Bonchev–Trinajstić information content (AvgIpc) is 2.62. The minimum absolute atomic E-state index is 0.116. The molecule has 0 aromatic carbocycles. The van der Waals surface area contributed by atoms with Crippen LogP contribution in [0.4, 0.5) is 0 Å². The molecule has 100 valence electrons. The minimum Gasteiger partial charge on any atom is -0.467 e. The van der Waals surface area contributed by atoms with Gasteiger partial charge in [-0.2, -0.15) is 0 Å². The van der Waals surface area contributed by atoms with Crippen molar-refractivity contribution in [3.63, 3.8) is 0 Å². The molecule has 2 saturated heterocycles. The van der Waals surface area contributed by atoms with Crippen LogP contribution >= 0.6 is 11.8 Å². The molecule has 0 spiro atoms. The van der Waals surface area contributed by atoms with E-state index >= 15 is 0 Å². The maximum atomic E-state index is 12.0. The van der Waals surface area contributed by atoms with Gasteiger partial charge < -0.3 is 9.64 Å². The van der Waals surface area contributed by atoms with Gasteiger partial charge in [-0.05, 0) is 31.4 Å². The second-order valence-corrected chi connectivity index (χ2v) is 5.49. The molecule has 0 saturated carbocycles. The molecule has 0 aliphatic carbocycles. The van der Waals surface area contributed by atoms with Crippen LogP contribution in [0.2, 0.25) is 0 Å². The predicted octanol–water partition coefficient (Wildman–Crippen LogP) is 1.64. The summed E-state index contributed by atoms with van der Waals surface area (Å²) < 4.78 is 4.79. The lowest BCUT2D eigenvalue weighted by molar-refractivity contribution is -0.155. The van der Waals surface area contributed by atoms with Crippen LogP contribution in [-0.2, 0) is 14.3 Å². The Morgan fingerprint density at radius 3 is 2.78 bits per heavy atom. The van der Waals surface area contributed by atoms with Crippen molar-refractivity contribution < 1.29 is 14.3 Å². The monoisotopic (exact) mass is 269 g/mol. The molecule has 2 aliphatic rings. The van der Waals surface area contributed by atoms with Gasteiger partial charge >= 0.3 is 5.97 Å². The Morgan fingerprint density at radius 1 is 1.39 bits per heavy atom. The lowest BCUT2D eigenvalue weighted by Crippen LogP contribution is -2.51. The summed E-state index contributed by atoms with van der Waals surface area (Å²) in [5.74, 6) is 0.867. The molecule has 0 radical (unpaired) electrons. The first kappa shape index (κ1) is 14.9. The number of esters is 1. The van der Waals surface area contributed by atoms with Crippen molar-refractivity contribution in [3.05, 3.63) is 0 Å². The summed E-state index contributed by atoms with van der Waals surface area (Å²) in [5.41, 5.74) is 0. The lowest BCUT2D eigenvalue weighted by Gasteiger charge is -2.39. The highest BCUT2D eigenvalue weighted by Crippen LogP contribution is 2.34. The van der Waals surface area contributed by atoms with Gasteiger partial charge in [0.2, 0.25) is 5.91 Å². The van der Waals surface area contributed by atoms with Crippen LogP contribution in [0, 0.1) is 12.8 Å². The number of carbonyl (C=O) groups is 2. The fraction of sp³-hybridized carbons (Fsp3) is 0.692. The molecule has 18 heavy (non-hydrogen) atoms. The van der Waals surface area contributed by atoms with Gasteiger partial charge in [0, 0.05) is 6.42 Å². The van der Waals surface area contributed by atoms with Crippen LogP contribution < -0.4 is 0 Å². The third-order valence-electron chi connectivity index (χ3n) is 3.18. The summed E-state index contributed by atoms with van der Waals surface area (Å²) in [6, 6.07) is -0.346. The molecule has 1 amide bonds. The molecule has 0 bridgehead atoms.